The molecule has 0 aromatic rings. The maximum Gasteiger partial charge on any atom is 0.472 e. The number of phosphoric acid groups is 1. The van der Waals surface area contributed by atoms with E-state index in [9.17, 15) is 29.3 Å². The van der Waals surface area contributed by atoms with Crippen molar-refractivity contribution < 1.29 is 47.8 Å². The van der Waals surface area contributed by atoms with Gasteiger partial charge in [0.05, 0.1) is 26.4 Å². The molecule has 10 nitrogen and oxygen atoms in total. The van der Waals surface area contributed by atoms with E-state index < -0.39 is 58.4 Å². The Morgan fingerprint density at radius 3 is 1.58 bits per heavy atom. The van der Waals surface area contributed by atoms with Gasteiger partial charge in [-0.05, 0) is 44.9 Å². The van der Waals surface area contributed by atoms with E-state index in [1.165, 1.54) is 19.3 Å². The second-order valence-corrected chi connectivity index (χ2v) is 11.9. The van der Waals surface area contributed by atoms with Crippen LogP contribution in [0.15, 0.2) is 36.5 Å². The zero-order chi connectivity index (χ0) is 32.0. The standard InChI is InChI=1S/C32H57O10P/c1-3-5-7-9-11-12-13-14-15-16-18-20-22-24-32(36)42-30(26-34)28-40-43(37,38)39-27-29(25-33)41-31(35)23-21-19-17-10-8-6-4-2/h5,7,11-12,14-15,29-30,33-34H,3-4,6,8-10,13,16-28H2,1-2H3,(H,37,38)/b7-5-,12-11-,15-14-. The second-order valence-electron chi connectivity index (χ2n) is 10.4. The topological polar surface area (TPSA) is 149 Å². The van der Waals surface area contributed by atoms with Crippen molar-refractivity contribution in [1.29, 1.82) is 0 Å². The summed E-state index contributed by atoms with van der Waals surface area (Å²) in [5, 5.41) is 18.9. The molecule has 3 unspecified atom stereocenters. The van der Waals surface area contributed by atoms with Crippen LogP contribution in [-0.4, -0.2) is 65.7 Å². The van der Waals surface area contributed by atoms with Gasteiger partial charge in [-0.2, -0.15) is 0 Å². The second kappa shape index (κ2) is 28.9. The summed E-state index contributed by atoms with van der Waals surface area (Å²) in [5.41, 5.74) is 0. The highest BCUT2D eigenvalue weighted by Gasteiger charge is 2.27. The molecule has 0 bridgehead atoms. The third-order valence-corrected chi connectivity index (χ3v) is 7.32. The Labute approximate surface area is 259 Å². The first-order valence-corrected chi connectivity index (χ1v) is 17.4. The summed E-state index contributed by atoms with van der Waals surface area (Å²) in [6.45, 7) is 1.95. The number of rotatable bonds is 29. The van der Waals surface area contributed by atoms with Crippen LogP contribution in [0.1, 0.15) is 117 Å². The molecule has 0 saturated carbocycles. The Balaban J connectivity index is 4.11. The molecule has 3 N–H and O–H groups in total. The summed E-state index contributed by atoms with van der Waals surface area (Å²) >= 11 is 0. The van der Waals surface area contributed by atoms with Gasteiger partial charge >= 0.3 is 19.8 Å². The zero-order valence-electron chi connectivity index (χ0n) is 26.4. The minimum Gasteiger partial charge on any atom is -0.457 e. The van der Waals surface area contributed by atoms with Crippen LogP contribution < -0.4 is 0 Å². The van der Waals surface area contributed by atoms with Crippen LogP contribution in [0.5, 0.6) is 0 Å². The number of esters is 2. The quantitative estimate of drug-likeness (QED) is 0.0345. The van der Waals surface area contributed by atoms with Gasteiger partial charge in [0, 0.05) is 12.8 Å². The summed E-state index contributed by atoms with van der Waals surface area (Å²) in [6.07, 6.45) is 24.5. The molecule has 0 aliphatic rings. The molecule has 0 rings (SSSR count). The summed E-state index contributed by atoms with van der Waals surface area (Å²) in [7, 11) is -4.62. The lowest BCUT2D eigenvalue weighted by atomic mass is 10.1. The van der Waals surface area contributed by atoms with Gasteiger partial charge in [-0.1, -0.05) is 95.2 Å². The molecule has 11 heteroatoms. The fourth-order valence-electron chi connectivity index (χ4n) is 3.89. The molecule has 43 heavy (non-hydrogen) atoms. The number of carbonyl (C=O) groups excluding carboxylic acids is 2. The first-order valence-electron chi connectivity index (χ1n) is 15.9. The number of hydrogen-bond acceptors (Lipinski definition) is 9. The van der Waals surface area contributed by atoms with Crippen molar-refractivity contribution in [1.82, 2.24) is 0 Å². The minimum atomic E-state index is -4.62. The van der Waals surface area contributed by atoms with Crippen LogP contribution in [-0.2, 0) is 32.7 Å². The summed E-state index contributed by atoms with van der Waals surface area (Å²) < 4.78 is 32.1. The Hall–Kier alpha value is -1.81. The molecule has 0 heterocycles. The van der Waals surface area contributed by atoms with Crippen molar-refractivity contribution >= 4 is 19.8 Å². The van der Waals surface area contributed by atoms with E-state index in [2.05, 4.69) is 50.3 Å². The van der Waals surface area contributed by atoms with E-state index in [0.29, 0.717) is 12.8 Å². The Morgan fingerprint density at radius 1 is 0.651 bits per heavy atom. The molecule has 3 atom stereocenters. The third kappa shape index (κ3) is 27.5. The molecule has 0 aromatic carbocycles. The van der Waals surface area contributed by atoms with Crippen molar-refractivity contribution in [3.05, 3.63) is 36.5 Å². The highest BCUT2D eigenvalue weighted by molar-refractivity contribution is 7.47. The maximum atomic E-state index is 12.2. The monoisotopic (exact) mass is 632 g/mol. The lowest BCUT2D eigenvalue weighted by molar-refractivity contribution is -0.153. The molecule has 0 radical (unpaired) electrons. The van der Waals surface area contributed by atoms with Crippen LogP contribution in [0, 0.1) is 0 Å². The number of aliphatic hydroxyl groups excluding tert-OH is 2. The van der Waals surface area contributed by atoms with Gasteiger partial charge < -0.3 is 24.6 Å². The molecule has 0 aliphatic carbocycles. The van der Waals surface area contributed by atoms with E-state index in [4.69, 9.17) is 18.5 Å². The molecular formula is C32H57O10P. The van der Waals surface area contributed by atoms with E-state index in [1.807, 2.05) is 0 Å². The summed E-state index contributed by atoms with van der Waals surface area (Å²) in [6, 6.07) is 0. The predicted octanol–water partition coefficient (Wildman–Crippen LogP) is 6.88. The molecule has 0 aliphatic heterocycles. The van der Waals surface area contributed by atoms with Crippen molar-refractivity contribution in [2.24, 2.45) is 0 Å². The Morgan fingerprint density at radius 2 is 1.09 bits per heavy atom. The van der Waals surface area contributed by atoms with Crippen molar-refractivity contribution in [2.75, 3.05) is 26.4 Å². The van der Waals surface area contributed by atoms with Crippen LogP contribution in [0.4, 0.5) is 0 Å². The fraction of sp³-hybridized carbons (Fsp3) is 0.750. The molecule has 0 spiro atoms. The number of ether oxygens (including phenoxy) is 2. The maximum absolute atomic E-state index is 12.2. The summed E-state index contributed by atoms with van der Waals surface area (Å²) in [5.74, 6) is -1.06. The number of carbonyl (C=O) groups is 2. The van der Waals surface area contributed by atoms with E-state index in [0.717, 1.165) is 57.8 Å². The average Bonchev–Trinajstić information content (AvgIpc) is 2.99. The van der Waals surface area contributed by atoms with Crippen molar-refractivity contribution in [2.45, 2.75) is 129 Å². The largest absolute Gasteiger partial charge is 0.472 e. The number of unbranched alkanes of at least 4 members (excludes halogenated alkanes) is 9. The van der Waals surface area contributed by atoms with Gasteiger partial charge in [-0.3, -0.25) is 18.6 Å². The van der Waals surface area contributed by atoms with Gasteiger partial charge in [0.25, 0.3) is 0 Å². The first-order chi connectivity index (χ1) is 20.8. The lowest BCUT2D eigenvalue weighted by Crippen LogP contribution is -2.28. The zero-order valence-corrected chi connectivity index (χ0v) is 27.3. The number of aliphatic hydroxyl groups is 2. The van der Waals surface area contributed by atoms with Crippen molar-refractivity contribution in [3.63, 3.8) is 0 Å². The van der Waals surface area contributed by atoms with Crippen molar-refractivity contribution in [3.8, 4) is 0 Å². The lowest BCUT2D eigenvalue weighted by Gasteiger charge is -2.20. The first kappa shape index (κ1) is 41.2. The normalized spacial score (nSPS) is 14.8. The van der Waals surface area contributed by atoms with E-state index in [-0.39, 0.29) is 12.8 Å². The van der Waals surface area contributed by atoms with Gasteiger partial charge in [-0.25, -0.2) is 4.57 Å². The van der Waals surface area contributed by atoms with Crippen LogP contribution in [0.3, 0.4) is 0 Å². The van der Waals surface area contributed by atoms with Crippen LogP contribution >= 0.6 is 7.82 Å². The highest BCUT2D eigenvalue weighted by atomic mass is 31.2. The molecule has 0 fully saturated rings. The SMILES string of the molecule is CC/C=C\C/C=C\C/C=C\CCCCCC(=O)OC(CO)COP(=O)(O)OCC(CO)OC(=O)CCCCCCCCC. The highest BCUT2D eigenvalue weighted by Crippen LogP contribution is 2.43. The predicted molar refractivity (Wildman–Crippen MR) is 168 cm³/mol. The minimum absolute atomic E-state index is 0.157. The summed E-state index contributed by atoms with van der Waals surface area (Å²) in [4.78, 5) is 34.0. The average molecular weight is 633 g/mol. The fourth-order valence-corrected chi connectivity index (χ4v) is 4.67. The van der Waals surface area contributed by atoms with Gasteiger partial charge in [-0.15, -0.1) is 0 Å². The number of allylic oxidation sites excluding steroid dienone is 6. The molecular weight excluding hydrogens is 575 g/mol. The Bertz CT molecular complexity index is 827. The van der Waals surface area contributed by atoms with Gasteiger partial charge in [0.15, 0.2) is 0 Å². The number of hydrogen-bond donors (Lipinski definition) is 3. The smallest absolute Gasteiger partial charge is 0.457 e. The molecule has 0 saturated heterocycles. The molecule has 0 aromatic heterocycles. The Kier molecular flexibility index (Phi) is 27.7. The number of phosphoric ester groups is 1. The van der Waals surface area contributed by atoms with Gasteiger partial charge in [0.2, 0.25) is 0 Å². The van der Waals surface area contributed by atoms with E-state index in [1.54, 1.807) is 0 Å². The third-order valence-electron chi connectivity index (χ3n) is 6.37. The molecule has 0 amide bonds. The molecule has 250 valence electrons. The van der Waals surface area contributed by atoms with Gasteiger partial charge in [0.1, 0.15) is 12.2 Å². The van der Waals surface area contributed by atoms with E-state index >= 15 is 0 Å². The van der Waals surface area contributed by atoms with Crippen LogP contribution in [0.25, 0.3) is 0 Å². The van der Waals surface area contributed by atoms with Crippen LogP contribution in [0.2, 0.25) is 0 Å².